The van der Waals surface area contributed by atoms with Crippen molar-refractivity contribution in [2.45, 2.75) is 20.3 Å². The molecule has 0 rings (SSSR count). The molecule has 0 radical (unpaired) electrons. The zero-order valence-corrected chi connectivity index (χ0v) is 7.78. The van der Waals surface area contributed by atoms with Crippen molar-refractivity contribution >= 4 is 12.1 Å². The number of hydrogen-bond donors (Lipinski definition) is 1. The minimum Gasteiger partial charge on any atom is -0.466 e. The maximum Gasteiger partial charge on any atom is 0.505 e. The molecule has 5 heteroatoms. The van der Waals surface area contributed by atoms with E-state index in [4.69, 9.17) is 5.11 Å². The van der Waals surface area contributed by atoms with E-state index in [1.165, 1.54) is 6.92 Å². The fraction of sp³-hybridized carbons (Fsp3) is 0.750. The molecule has 0 aliphatic carbocycles. The third kappa shape index (κ3) is 8.65. The van der Waals surface area contributed by atoms with Crippen molar-refractivity contribution in [3.8, 4) is 0 Å². The molecule has 0 heterocycles. The van der Waals surface area contributed by atoms with Crippen molar-refractivity contribution in [1.29, 1.82) is 0 Å². The largest absolute Gasteiger partial charge is 0.505 e. The van der Waals surface area contributed by atoms with Crippen molar-refractivity contribution in [3.05, 3.63) is 0 Å². The molecule has 0 aliphatic rings. The summed E-state index contributed by atoms with van der Waals surface area (Å²) in [5.74, 6) is -0.262. The number of carboxylic acid groups (broad SMARTS) is 1. The van der Waals surface area contributed by atoms with Gasteiger partial charge in [-0.15, -0.1) is 0 Å². The van der Waals surface area contributed by atoms with Gasteiger partial charge >= 0.3 is 12.1 Å². The van der Waals surface area contributed by atoms with E-state index in [0.717, 1.165) is 0 Å². The van der Waals surface area contributed by atoms with E-state index in [9.17, 15) is 9.59 Å². The molecule has 0 aromatic rings. The monoisotopic (exact) mass is 190 g/mol. The van der Waals surface area contributed by atoms with Gasteiger partial charge in [0, 0.05) is 6.92 Å². The van der Waals surface area contributed by atoms with E-state index < -0.39 is 6.16 Å². The average molecular weight is 190 g/mol. The molecule has 1 unspecified atom stereocenters. The van der Waals surface area contributed by atoms with Crippen LogP contribution in [0.15, 0.2) is 0 Å². The molecule has 0 aromatic heterocycles. The Bertz CT molecular complexity index is 177. The van der Waals surface area contributed by atoms with E-state index in [2.05, 4.69) is 9.47 Å². The minimum atomic E-state index is -1.28. The molecular weight excluding hydrogens is 176 g/mol. The SMILES string of the molecule is CC(=O)OCCC(C)COC(=O)O. The summed E-state index contributed by atoms with van der Waals surface area (Å²) in [5.41, 5.74) is 0. The summed E-state index contributed by atoms with van der Waals surface area (Å²) in [6.07, 6.45) is -0.674. The molecule has 0 aromatic carbocycles. The second-order valence-electron chi connectivity index (χ2n) is 2.81. The summed E-state index contributed by atoms with van der Waals surface area (Å²) in [6, 6.07) is 0. The van der Waals surface area contributed by atoms with Gasteiger partial charge in [0.2, 0.25) is 0 Å². The number of carbonyl (C=O) groups is 2. The molecule has 0 bridgehead atoms. The first-order valence-corrected chi connectivity index (χ1v) is 4.01. The standard InChI is InChI=1S/C8H14O5/c1-6(5-13-8(10)11)3-4-12-7(2)9/h6H,3-5H2,1-2H3,(H,10,11). The lowest BCUT2D eigenvalue weighted by molar-refractivity contribution is -0.141. The summed E-state index contributed by atoms with van der Waals surface area (Å²) in [6.45, 7) is 3.60. The maximum absolute atomic E-state index is 10.3. The van der Waals surface area contributed by atoms with E-state index in [0.29, 0.717) is 13.0 Å². The quantitative estimate of drug-likeness (QED) is 0.661. The molecule has 1 atom stereocenters. The summed E-state index contributed by atoms with van der Waals surface area (Å²) in [5, 5.41) is 8.17. The van der Waals surface area contributed by atoms with Gasteiger partial charge in [0.05, 0.1) is 13.2 Å². The van der Waals surface area contributed by atoms with Crippen LogP contribution < -0.4 is 0 Å². The Balaban J connectivity index is 3.35. The topological polar surface area (TPSA) is 72.8 Å². The molecular formula is C8H14O5. The van der Waals surface area contributed by atoms with Crippen molar-refractivity contribution in [1.82, 2.24) is 0 Å². The summed E-state index contributed by atoms with van der Waals surface area (Å²) in [7, 11) is 0. The van der Waals surface area contributed by atoms with Gasteiger partial charge in [-0.25, -0.2) is 4.79 Å². The number of hydrogen-bond acceptors (Lipinski definition) is 4. The van der Waals surface area contributed by atoms with E-state index in [-0.39, 0.29) is 18.5 Å². The van der Waals surface area contributed by atoms with Gasteiger partial charge in [-0.1, -0.05) is 6.92 Å². The molecule has 76 valence electrons. The third-order valence-corrected chi connectivity index (χ3v) is 1.41. The number of rotatable bonds is 5. The first kappa shape index (κ1) is 11.7. The molecule has 5 nitrogen and oxygen atoms in total. The predicted octanol–water partition coefficient (Wildman–Crippen LogP) is 1.27. The van der Waals surface area contributed by atoms with Crippen molar-refractivity contribution < 1.29 is 24.2 Å². The highest BCUT2D eigenvalue weighted by Gasteiger charge is 2.06. The highest BCUT2D eigenvalue weighted by molar-refractivity contribution is 5.65. The van der Waals surface area contributed by atoms with Gasteiger partial charge < -0.3 is 14.6 Å². The fourth-order valence-electron chi connectivity index (χ4n) is 0.701. The number of ether oxygens (including phenoxy) is 2. The third-order valence-electron chi connectivity index (χ3n) is 1.41. The molecule has 0 spiro atoms. The molecule has 13 heavy (non-hydrogen) atoms. The van der Waals surface area contributed by atoms with Crippen LogP contribution in [0.2, 0.25) is 0 Å². The Kier molecular flexibility index (Phi) is 5.67. The second kappa shape index (κ2) is 6.28. The zero-order valence-electron chi connectivity index (χ0n) is 7.78. The second-order valence-corrected chi connectivity index (χ2v) is 2.81. The summed E-state index contributed by atoms with van der Waals surface area (Å²) in [4.78, 5) is 20.3. The number of carbonyl (C=O) groups excluding carboxylic acids is 1. The number of esters is 1. The van der Waals surface area contributed by atoms with E-state index in [1.54, 1.807) is 0 Å². The fourth-order valence-corrected chi connectivity index (χ4v) is 0.701. The van der Waals surface area contributed by atoms with Gasteiger partial charge in [0.25, 0.3) is 0 Å². The molecule has 0 fully saturated rings. The van der Waals surface area contributed by atoms with Gasteiger partial charge in [-0.2, -0.15) is 0 Å². The van der Waals surface area contributed by atoms with Crippen LogP contribution in [0, 0.1) is 5.92 Å². The zero-order chi connectivity index (χ0) is 10.3. The molecule has 0 saturated carbocycles. The highest BCUT2D eigenvalue weighted by Crippen LogP contribution is 2.02. The van der Waals surface area contributed by atoms with E-state index >= 15 is 0 Å². The van der Waals surface area contributed by atoms with Crippen molar-refractivity contribution in [2.24, 2.45) is 5.92 Å². The molecule has 0 aliphatic heterocycles. The van der Waals surface area contributed by atoms with Crippen LogP contribution in [0.3, 0.4) is 0 Å². The molecule has 0 saturated heterocycles. The van der Waals surface area contributed by atoms with Gasteiger partial charge in [-0.05, 0) is 12.3 Å². The van der Waals surface area contributed by atoms with Crippen LogP contribution in [0.4, 0.5) is 4.79 Å². The van der Waals surface area contributed by atoms with Crippen LogP contribution in [0.5, 0.6) is 0 Å². The Labute approximate surface area is 76.6 Å². The Morgan fingerprint density at radius 2 is 2.00 bits per heavy atom. The van der Waals surface area contributed by atoms with E-state index in [1.807, 2.05) is 6.92 Å². The smallest absolute Gasteiger partial charge is 0.466 e. The Morgan fingerprint density at radius 1 is 1.38 bits per heavy atom. The molecule has 1 N–H and O–H groups in total. The Morgan fingerprint density at radius 3 is 2.46 bits per heavy atom. The highest BCUT2D eigenvalue weighted by atomic mass is 16.7. The minimum absolute atomic E-state index is 0.0652. The summed E-state index contributed by atoms with van der Waals surface area (Å²) < 4.78 is 9.01. The lowest BCUT2D eigenvalue weighted by Gasteiger charge is -2.09. The molecule has 0 amide bonds. The maximum atomic E-state index is 10.3. The average Bonchev–Trinajstić information content (AvgIpc) is 2.00. The normalized spacial score (nSPS) is 11.8. The van der Waals surface area contributed by atoms with Crippen LogP contribution in [0.25, 0.3) is 0 Å². The van der Waals surface area contributed by atoms with Crippen LogP contribution >= 0.6 is 0 Å². The van der Waals surface area contributed by atoms with Crippen LogP contribution in [0.1, 0.15) is 20.3 Å². The lowest BCUT2D eigenvalue weighted by atomic mass is 10.1. The lowest BCUT2D eigenvalue weighted by Crippen LogP contribution is -2.13. The van der Waals surface area contributed by atoms with Crippen molar-refractivity contribution in [2.75, 3.05) is 13.2 Å². The first-order chi connectivity index (χ1) is 6.02. The van der Waals surface area contributed by atoms with Gasteiger partial charge in [0.1, 0.15) is 0 Å². The van der Waals surface area contributed by atoms with Gasteiger partial charge in [-0.3, -0.25) is 4.79 Å². The van der Waals surface area contributed by atoms with Crippen LogP contribution in [-0.2, 0) is 14.3 Å². The van der Waals surface area contributed by atoms with Gasteiger partial charge in [0.15, 0.2) is 0 Å². The van der Waals surface area contributed by atoms with Crippen molar-refractivity contribution in [3.63, 3.8) is 0 Å². The Hall–Kier alpha value is -1.26. The summed E-state index contributed by atoms with van der Waals surface area (Å²) >= 11 is 0. The predicted molar refractivity (Wildman–Crippen MR) is 44.4 cm³/mol. The van der Waals surface area contributed by atoms with Crippen LogP contribution in [-0.4, -0.2) is 30.4 Å². The first-order valence-electron chi connectivity index (χ1n) is 4.01.